The van der Waals surface area contributed by atoms with Crippen LogP contribution in [0, 0.1) is 24.7 Å². The smallest absolute Gasteiger partial charge is 0.0243 e. The fourth-order valence-corrected chi connectivity index (χ4v) is 1.90. The van der Waals surface area contributed by atoms with Crippen LogP contribution in [0.4, 0.5) is 0 Å². The summed E-state index contributed by atoms with van der Waals surface area (Å²) in [7, 11) is 0. The van der Waals surface area contributed by atoms with Crippen molar-refractivity contribution in [3.63, 3.8) is 0 Å². The summed E-state index contributed by atoms with van der Waals surface area (Å²) in [6.07, 6.45) is 10.6. The summed E-state index contributed by atoms with van der Waals surface area (Å²) in [6, 6.07) is 27.8. The summed E-state index contributed by atoms with van der Waals surface area (Å²) in [6.45, 7) is 0. The third kappa shape index (κ3) is 4.41. The van der Waals surface area contributed by atoms with Gasteiger partial charge in [-0.2, -0.15) is 0 Å². The monoisotopic (exact) mass is 280 g/mol. The molecule has 0 aliphatic rings. The molecule has 0 heterocycles. The van der Waals surface area contributed by atoms with Gasteiger partial charge in [0.1, 0.15) is 0 Å². The molecule has 0 nitrogen and oxygen atoms in total. The van der Waals surface area contributed by atoms with Crippen LogP contribution in [-0.2, 0) is 0 Å². The Morgan fingerprint density at radius 2 is 0.727 bits per heavy atom. The van der Waals surface area contributed by atoms with Gasteiger partial charge in [0.2, 0.25) is 0 Å². The molecule has 3 aromatic carbocycles. The van der Waals surface area contributed by atoms with E-state index >= 15 is 0 Å². The average molecular weight is 280 g/mol. The van der Waals surface area contributed by atoms with E-state index in [0.717, 1.165) is 22.3 Å². The zero-order valence-electron chi connectivity index (χ0n) is 12.2. The number of hydrogen-bond donors (Lipinski definition) is 0. The highest BCUT2D eigenvalue weighted by Crippen LogP contribution is 2.19. The lowest BCUT2D eigenvalue weighted by Crippen LogP contribution is -1.80. The lowest BCUT2D eigenvalue weighted by Gasteiger charge is -2.01. The van der Waals surface area contributed by atoms with E-state index in [1.807, 2.05) is 84.9 Å². The molecule has 0 aliphatic heterocycles. The number of rotatable bonds is 1. The Labute approximate surface area is 132 Å². The highest BCUT2D eigenvalue weighted by atomic mass is 14.0. The fourth-order valence-electron chi connectivity index (χ4n) is 1.90. The predicted molar refractivity (Wildman–Crippen MR) is 94.2 cm³/mol. The molecule has 0 amide bonds. The normalized spacial score (nSPS) is 8.82. The van der Waals surface area contributed by atoms with Crippen LogP contribution in [0.25, 0.3) is 11.1 Å². The maximum Gasteiger partial charge on any atom is 0.0243 e. The molecule has 0 aliphatic carbocycles. The van der Waals surface area contributed by atoms with Crippen LogP contribution >= 0.6 is 0 Å². The van der Waals surface area contributed by atoms with E-state index in [1.54, 1.807) is 0 Å². The van der Waals surface area contributed by atoms with Gasteiger partial charge < -0.3 is 0 Å². The molecule has 0 saturated heterocycles. The standard InChI is InChI=1S/C16H10.C6H6/c1-3-13-5-9-15(10-6-13)16-11-7-14(4-2)8-12-16;1-2-4-6-5-3-1/h1-2,5-12H;1-6H. The van der Waals surface area contributed by atoms with Crippen LogP contribution in [0.15, 0.2) is 84.9 Å². The maximum atomic E-state index is 5.30. The zero-order valence-corrected chi connectivity index (χ0v) is 12.2. The van der Waals surface area contributed by atoms with Crippen LogP contribution in [0.1, 0.15) is 11.1 Å². The molecule has 0 bridgehead atoms. The van der Waals surface area contributed by atoms with Gasteiger partial charge in [0.25, 0.3) is 0 Å². The first-order chi connectivity index (χ1) is 10.8. The minimum atomic E-state index is 0.893. The zero-order chi connectivity index (χ0) is 15.6. The van der Waals surface area contributed by atoms with Crippen LogP contribution in [0.3, 0.4) is 0 Å². The quantitative estimate of drug-likeness (QED) is 0.550. The minimum absolute atomic E-state index is 0.893. The first-order valence-corrected chi connectivity index (χ1v) is 6.97. The summed E-state index contributed by atoms with van der Waals surface area (Å²) in [5, 5.41) is 0. The Bertz CT molecular complexity index is 682. The number of terminal acetylenes is 2. The molecule has 0 unspecified atom stereocenters. The van der Waals surface area contributed by atoms with E-state index in [9.17, 15) is 0 Å². The molecular formula is C22H16. The lowest BCUT2D eigenvalue weighted by atomic mass is 10.0. The van der Waals surface area contributed by atoms with Gasteiger partial charge in [-0.15, -0.1) is 12.8 Å². The number of benzene rings is 3. The Balaban J connectivity index is 0.000000246. The first kappa shape index (κ1) is 15.2. The molecular weight excluding hydrogens is 264 g/mol. The summed E-state index contributed by atoms with van der Waals surface area (Å²) in [4.78, 5) is 0. The summed E-state index contributed by atoms with van der Waals surface area (Å²) in [5.41, 5.74) is 4.07. The molecule has 3 aromatic rings. The Morgan fingerprint density at radius 3 is 0.955 bits per heavy atom. The van der Waals surface area contributed by atoms with Crippen molar-refractivity contribution >= 4 is 0 Å². The van der Waals surface area contributed by atoms with E-state index in [2.05, 4.69) is 11.8 Å². The summed E-state index contributed by atoms with van der Waals surface area (Å²) >= 11 is 0. The molecule has 0 aromatic heterocycles. The van der Waals surface area contributed by atoms with Crippen LogP contribution in [0.2, 0.25) is 0 Å². The van der Waals surface area contributed by atoms with Crippen LogP contribution in [0.5, 0.6) is 0 Å². The Morgan fingerprint density at radius 1 is 0.455 bits per heavy atom. The fraction of sp³-hybridized carbons (Fsp3) is 0. The molecule has 0 fully saturated rings. The average Bonchev–Trinajstić information content (AvgIpc) is 2.64. The summed E-state index contributed by atoms with van der Waals surface area (Å²) < 4.78 is 0. The second-order valence-corrected chi connectivity index (χ2v) is 4.60. The van der Waals surface area contributed by atoms with E-state index in [-0.39, 0.29) is 0 Å². The van der Waals surface area contributed by atoms with E-state index < -0.39 is 0 Å². The van der Waals surface area contributed by atoms with Gasteiger partial charge >= 0.3 is 0 Å². The second-order valence-electron chi connectivity index (χ2n) is 4.60. The minimum Gasteiger partial charge on any atom is -0.115 e. The van der Waals surface area contributed by atoms with Crippen molar-refractivity contribution < 1.29 is 0 Å². The highest BCUT2D eigenvalue weighted by Gasteiger charge is 1.96. The van der Waals surface area contributed by atoms with Crippen LogP contribution < -0.4 is 0 Å². The third-order valence-corrected chi connectivity index (χ3v) is 3.10. The highest BCUT2D eigenvalue weighted by molar-refractivity contribution is 5.65. The maximum absolute atomic E-state index is 5.30. The van der Waals surface area contributed by atoms with Gasteiger partial charge in [0.15, 0.2) is 0 Å². The molecule has 22 heavy (non-hydrogen) atoms. The molecule has 0 saturated carbocycles. The van der Waals surface area contributed by atoms with Gasteiger partial charge in [0.05, 0.1) is 0 Å². The molecule has 104 valence electrons. The topological polar surface area (TPSA) is 0 Å². The van der Waals surface area contributed by atoms with E-state index in [0.29, 0.717) is 0 Å². The van der Waals surface area contributed by atoms with Gasteiger partial charge in [-0.3, -0.25) is 0 Å². The van der Waals surface area contributed by atoms with E-state index in [1.165, 1.54) is 0 Å². The first-order valence-electron chi connectivity index (χ1n) is 6.97. The lowest BCUT2D eigenvalue weighted by molar-refractivity contribution is 1.58. The van der Waals surface area contributed by atoms with Gasteiger partial charge in [-0.25, -0.2) is 0 Å². The van der Waals surface area contributed by atoms with Crippen molar-refractivity contribution in [2.45, 2.75) is 0 Å². The molecule has 0 atom stereocenters. The van der Waals surface area contributed by atoms with Crippen molar-refractivity contribution in [2.24, 2.45) is 0 Å². The number of hydrogen-bond acceptors (Lipinski definition) is 0. The third-order valence-electron chi connectivity index (χ3n) is 3.10. The molecule has 0 heteroatoms. The summed E-state index contributed by atoms with van der Waals surface area (Å²) in [5.74, 6) is 5.19. The van der Waals surface area contributed by atoms with E-state index in [4.69, 9.17) is 12.8 Å². The SMILES string of the molecule is C#Cc1ccc(-c2ccc(C#C)cc2)cc1.c1ccccc1. The Hall–Kier alpha value is -3.22. The van der Waals surface area contributed by atoms with Gasteiger partial charge in [-0.1, -0.05) is 72.5 Å². The molecule has 3 rings (SSSR count). The molecule has 0 N–H and O–H groups in total. The largest absolute Gasteiger partial charge is 0.115 e. The van der Waals surface area contributed by atoms with Crippen molar-refractivity contribution in [1.82, 2.24) is 0 Å². The molecule has 0 spiro atoms. The second kappa shape index (κ2) is 8.15. The van der Waals surface area contributed by atoms with Crippen molar-refractivity contribution in [1.29, 1.82) is 0 Å². The van der Waals surface area contributed by atoms with Crippen molar-refractivity contribution in [3.05, 3.63) is 96.1 Å². The predicted octanol–water partition coefficient (Wildman–Crippen LogP) is 5.00. The molecule has 0 radical (unpaired) electrons. The van der Waals surface area contributed by atoms with Gasteiger partial charge in [-0.05, 0) is 35.4 Å². The van der Waals surface area contributed by atoms with Crippen molar-refractivity contribution in [3.8, 4) is 35.8 Å². The van der Waals surface area contributed by atoms with Crippen molar-refractivity contribution in [2.75, 3.05) is 0 Å². The van der Waals surface area contributed by atoms with Crippen LogP contribution in [-0.4, -0.2) is 0 Å². The van der Waals surface area contributed by atoms with Gasteiger partial charge in [0, 0.05) is 11.1 Å². The Kier molecular flexibility index (Phi) is 5.62.